The van der Waals surface area contributed by atoms with Crippen molar-refractivity contribution in [3.05, 3.63) is 12.7 Å². The van der Waals surface area contributed by atoms with Crippen LogP contribution < -0.4 is 0 Å². The lowest BCUT2D eigenvalue weighted by molar-refractivity contribution is -0.222. The summed E-state index contributed by atoms with van der Waals surface area (Å²) in [5.41, 5.74) is 0. The van der Waals surface area contributed by atoms with Gasteiger partial charge in [0.25, 0.3) is 0 Å². The van der Waals surface area contributed by atoms with E-state index in [1.807, 2.05) is 0 Å². The van der Waals surface area contributed by atoms with E-state index in [4.69, 9.17) is 5.11 Å². The maximum atomic E-state index is 11.9. The first-order chi connectivity index (χ1) is 6.30. The van der Waals surface area contributed by atoms with Gasteiger partial charge in [0.1, 0.15) is 6.61 Å². The molecule has 0 aromatic rings. The lowest BCUT2D eigenvalue weighted by Crippen LogP contribution is -2.39. The molecule has 0 saturated carbocycles. The lowest BCUT2D eigenvalue weighted by atomic mass is 10.1. The molecule has 0 radical (unpaired) electrons. The monoisotopic (exact) mass is 212 g/mol. The van der Waals surface area contributed by atoms with E-state index in [1.54, 1.807) is 0 Å². The van der Waals surface area contributed by atoms with Gasteiger partial charge in [-0.2, -0.15) is 13.2 Å². The summed E-state index contributed by atoms with van der Waals surface area (Å²) in [7, 11) is 0. The molecule has 2 atom stereocenters. The average molecular weight is 212 g/mol. The van der Waals surface area contributed by atoms with Crippen LogP contribution in [0.15, 0.2) is 12.7 Å². The zero-order valence-electron chi connectivity index (χ0n) is 7.54. The number of hydrogen-bond acceptors (Lipinski definition) is 3. The quantitative estimate of drug-likeness (QED) is 0.564. The number of carbonyl (C=O) groups is 1. The molecule has 0 aliphatic rings. The molecule has 0 aromatic carbocycles. The maximum absolute atomic E-state index is 11.9. The fourth-order valence-electron chi connectivity index (χ4n) is 0.685. The van der Waals surface area contributed by atoms with Crippen molar-refractivity contribution in [3.63, 3.8) is 0 Å². The largest absolute Gasteiger partial charge is 0.461 e. The number of halogens is 3. The minimum atomic E-state index is -4.81. The summed E-state index contributed by atoms with van der Waals surface area (Å²) in [6.45, 7) is 4.00. The molecule has 0 aromatic heterocycles. The number of esters is 1. The molecule has 0 bridgehead atoms. The molecule has 82 valence electrons. The van der Waals surface area contributed by atoms with Crippen molar-refractivity contribution in [1.82, 2.24) is 0 Å². The van der Waals surface area contributed by atoms with Crippen LogP contribution in [0, 0.1) is 5.92 Å². The Morgan fingerprint density at radius 3 is 2.50 bits per heavy atom. The zero-order chi connectivity index (χ0) is 11.4. The van der Waals surface area contributed by atoms with E-state index < -0.39 is 24.2 Å². The molecule has 0 amide bonds. The SMILES string of the molecule is C=CCOC(=O)C(C)C(O)C(F)(F)F. The third-order valence-corrected chi connectivity index (χ3v) is 1.52. The van der Waals surface area contributed by atoms with E-state index in [0.29, 0.717) is 0 Å². The van der Waals surface area contributed by atoms with Crippen LogP contribution in [0.25, 0.3) is 0 Å². The molecule has 1 N–H and O–H groups in total. The van der Waals surface area contributed by atoms with Crippen molar-refractivity contribution < 1.29 is 27.8 Å². The third-order valence-electron chi connectivity index (χ3n) is 1.52. The summed E-state index contributed by atoms with van der Waals surface area (Å²) >= 11 is 0. The van der Waals surface area contributed by atoms with Crippen LogP contribution in [-0.2, 0) is 9.53 Å². The summed E-state index contributed by atoms with van der Waals surface area (Å²) in [6.07, 6.45) is -6.28. The molecular formula is C8H11F3O3. The van der Waals surface area contributed by atoms with Gasteiger partial charge in [-0.15, -0.1) is 0 Å². The smallest absolute Gasteiger partial charge is 0.415 e. The molecule has 0 spiro atoms. The van der Waals surface area contributed by atoms with Crippen molar-refractivity contribution in [3.8, 4) is 0 Å². The van der Waals surface area contributed by atoms with Gasteiger partial charge < -0.3 is 9.84 Å². The second-order valence-corrected chi connectivity index (χ2v) is 2.69. The van der Waals surface area contributed by atoms with Gasteiger partial charge in [0.2, 0.25) is 0 Å². The van der Waals surface area contributed by atoms with Gasteiger partial charge in [-0.1, -0.05) is 12.7 Å². The molecule has 6 heteroatoms. The Morgan fingerprint density at radius 2 is 2.14 bits per heavy atom. The number of ether oxygens (including phenoxy) is 1. The van der Waals surface area contributed by atoms with E-state index in [0.717, 1.165) is 6.92 Å². The molecule has 0 rings (SSSR count). The highest BCUT2D eigenvalue weighted by Gasteiger charge is 2.44. The molecular weight excluding hydrogens is 201 g/mol. The summed E-state index contributed by atoms with van der Waals surface area (Å²) in [5, 5.41) is 8.67. The maximum Gasteiger partial charge on any atom is 0.415 e. The summed E-state index contributed by atoms with van der Waals surface area (Å²) in [4.78, 5) is 10.9. The predicted octanol–water partition coefficient (Wildman–Crippen LogP) is 1.27. The van der Waals surface area contributed by atoms with Gasteiger partial charge in [0.05, 0.1) is 5.92 Å². The molecule has 0 aliphatic heterocycles. The minimum Gasteiger partial charge on any atom is -0.461 e. The van der Waals surface area contributed by atoms with Gasteiger partial charge in [0, 0.05) is 0 Å². The second kappa shape index (κ2) is 4.99. The number of aliphatic hydroxyl groups is 1. The summed E-state index contributed by atoms with van der Waals surface area (Å²) < 4.78 is 40.1. The van der Waals surface area contributed by atoms with E-state index >= 15 is 0 Å². The third kappa shape index (κ3) is 3.78. The van der Waals surface area contributed by atoms with Crippen molar-refractivity contribution in [1.29, 1.82) is 0 Å². The highest BCUT2D eigenvalue weighted by Crippen LogP contribution is 2.25. The zero-order valence-corrected chi connectivity index (χ0v) is 7.54. The van der Waals surface area contributed by atoms with Crippen LogP contribution in [0.2, 0.25) is 0 Å². The van der Waals surface area contributed by atoms with Crippen molar-refractivity contribution >= 4 is 5.97 Å². The molecule has 3 nitrogen and oxygen atoms in total. The number of alkyl halides is 3. The Balaban J connectivity index is 4.24. The fraction of sp³-hybridized carbons (Fsp3) is 0.625. The molecule has 0 saturated heterocycles. The Hall–Kier alpha value is -1.04. The van der Waals surface area contributed by atoms with Crippen LogP contribution in [0.5, 0.6) is 0 Å². The standard InChI is InChI=1S/C8H11F3O3/c1-3-4-14-7(13)5(2)6(12)8(9,10)11/h3,5-6,12H,1,4H2,2H3. The van der Waals surface area contributed by atoms with Gasteiger partial charge in [-0.05, 0) is 6.92 Å². The van der Waals surface area contributed by atoms with E-state index in [9.17, 15) is 18.0 Å². The molecule has 2 unspecified atom stereocenters. The highest BCUT2D eigenvalue weighted by atomic mass is 19.4. The van der Waals surface area contributed by atoms with Crippen LogP contribution in [-0.4, -0.2) is 30.0 Å². The number of hydrogen-bond donors (Lipinski definition) is 1. The van der Waals surface area contributed by atoms with Crippen molar-refractivity contribution in [2.45, 2.75) is 19.2 Å². The van der Waals surface area contributed by atoms with E-state index in [2.05, 4.69) is 11.3 Å². The number of aliphatic hydroxyl groups excluding tert-OH is 1. The molecule has 0 fully saturated rings. The lowest BCUT2D eigenvalue weighted by Gasteiger charge is -2.19. The fourth-order valence-corrected chi connectivity index (χ4v) is 0.685. The first-order valence-corrected chi connectivity index (χ1v) is 3.83. The van der Waals surface area contributed by atoms with Crippen LogP contribution in [0.4, 0.5) is 13.2 Å². The van der Waals surface area contributed by atoms with Crippen molar-refractivity contribution in [2.24, 2.45) is 5.92 Å². The van der Waals surface area contributed by atoms with Crippen LogP contribution >= 0.6 is 0 Å². The Kier molecular flexibility index (Phi) is 4.62. The Bertz CT molecular complexity index is 212. The second-order valence-electron chi connectivity index (χ2n) is 2.69. The van der Waals surface area contributed by atoms with E-state index in [-0.39, 0.29) is 6.61 Å². The van der Waals surface area contributed by atoms with Gasteiger partial charge >= 0.3 is 12.1 Å². The number of rotatable bonds is 4. The first-order valence-electron chi connectivity index (χ1n) is 3.83. The van der Waals surface area contributed by atoms with Gasteiger partial charge in [-0.3, -0.25) is 4.79 Å². The van der Waals surface area contributed by atoms with Crippen LogP contribution in [0.1, 0.15) is 6.92 Å². The average Bonchev–Trinajstić information content (AvgIpc) is 2.10. The minimum absolute atomic E-state index is 0.173. The molecule has 0 aliphatic carbocycles. The first kappa shape index (κ1) is 13.0. The normalized spacial score (nSPS) is 15.8. The summed E-state index contributed by atoms with van der Waals surface area (Å²) in [5.74, 6) is -2.73. The molecule has 14 heavy (non-hydrogen) atoms. The van der Waals surface area contributed by atoms with Gasteiger partial charge in [0.15, 0.2) is 6.10 Å². The Morgan fingerprint density at radius 1 is 1.64 bits per heavy atom. The number of carbonyl (C=O) groups excluding carboxylic acids is 1. The highest BCUT2D eigenvalue weighted by molar-refractivity contribution is 5.72. The Labute approximate surface area is 79.2 Å². The van der Waals surface area contributed by atoms with Crippen molar-refractivity contribution in [2.75, 3.05) is 6.61 Å². The van der Waals surface area contributed by atoms with Crippen LogP contribution in [0.3, 0.4) is 0 Å². The summed E-state index contributed by atoms with van der Waals surface area (Å²) in [6, 6.07) is 0. The topological polar surface area (TPSA) is 46.5 Å². The predicted molar refractivity (Wildman–Crippen MR) is 42.4 cm³/mol. The van der Waals surface area contributed by atoms with Gasteiger partial charge in [-0.25, -0.2) is 0 Å². The molecule has 0 heterocycles. The van der Waals surface area contributed by atoms with E-state index in [1.165, 1.54) is 6.08 Å².